The van der Waals surface area contributed by atoms with E-state index in [-0.39, 0.29) is 18.0 Å². The Morgan fingerprint density at radius 1 is 1.35 bits per heavy atom. The minimum absolute atomic E-state index is 0.0184. The van der Waals surface area contributed by atoms with Crippen molar-refractivity contribution < 1.29 is 23.8 Å². The Labute approximate surface area is 178 Å². The van der Waals surface area contributed by atoms with Crippen molar-refractivity contribution in [3.05, 3.63) is 47.9 Å². The number of benzene rings is 1. The van der Waals surface area contributed by atoms with Gasteiger partial charge < -0.3 is 30.5 Å². The summed E-state index contributed by atoms with van der Waals surface area (Å²) in [5, 5.41) is 12.6. The number of nitrogens with two attached hydrogens (primary N) is 1. The van der Waals surface area contributed by atoms with Crippen molar-refractivity contribution in [3.8, 4) is 5.75 Å². The average Bonchev–Trinajstić information content (AvgIpc) is 3.11. The van der Waals surface area contributed by atoms with Gasteiger partial charge in [0.25, 0.3) is 5.91 Å². The molecule has 0 unspecified atom stereocenters. The second-order valence-electron chi connectivity index (χ2n) is 7.72. The Morgan fingerprint density at radius 2 is 2.06 bits per heavy atom. The van der Waals surface area contributed by atoms with Gasteiger partial charge in [-0.15, -0.1) is 0 Å². The maximum Gasteiger partial charge on any atom is 0.261 e. The van der Waals surface area contributed by atoms with Crippen LogP contribution in [0.25, 0.3) is 5.57 Å². The quantitative estimate of drug-likeness (QED) is 0.604. The van der Waals surface area contributed by atoms with Gasteiger partial charge in [0.05, 0.1) is 49.2 Å². The molecule has 3 heterocycles. The molecule has 2 aromatic rings. The summed E-state index contributed by atoms with van der Waals surface area (Å²) in [5.41, 5.74) is 7.17. The Morgan fingerprint density at radius 3 is 2.71 bits per heavy atom. The highest BCUT2D eigenvalue weighted by molar-refractivity contribution is 6.24. The second kappa shape index (κ2) is 8.48. The van der Waals surface area contributed by atoms with E-state index < -0.39 is 17.3 Å². The maximum atomic E-state index is 13.2. The molecule has 4 N–H and O–H groups in total. The smallest absolute Gasteiger partial charge is 0.261 e. The van der Waals surface area contributed by atoms with Crippen LogP contribution in [0.1, 0.15) is 18.3 Å². The maximum absolute atomic E-state index is 13.2. The van der Waals surface area contributed by atoms with Crippen LogP contribution in [0.5, 0.6) is 5.75 Å². The molecule has 1 amide bonds. The fourth-order valence-electron chi connectivity index (χ4n) is 3.70. The fraction of sp³-hybridized carbons (Fsp3) is 0.381. The number of hydrogen-bond acceptors (Lipinski definition) is 8. The number of amides is 1. The van der Waals surface area contributed by atoms with Crippen LogP contribution in [-0.2, 0) is 16.0 Å². The molecule has 164 valence electrons. The van der Waals surface area contributed by atoms with Crippen molar-refractivity contribution in [1.29, 1.82) is 0 Å². The SMILES string of the molecule is C[C@]1(CO)Cc2cc(NC(=O)C(=CN)c3ncc(F)cn3)c(N3CCOCC3)cc2O1. The normalized spacial score (nSPS) is 20.9. The first-order chi connectivity index (χ1) is 14.9. The number of aromatic nitrogens is 2. The summed E-state index contributed by atoms with van der Waals surface area (Å²) in [6.07, 6.45) is 3.55. The van der Waals surface area contributed by atoms with Crippen LogP contribution >= 0.6 is 0 Å². The largest absolute Gasteiger partial charge is 0.484 e. The summed E-state index contributed by atoms with van der Waals surface area (Å²) in [6.45, 7) is 4.15. The van der Waals surface area contributed by atoms with Gasteiger partial charge in [-0.2, -0.15) is 0 Å². The number of hydrogen-bond donors (Lipinski definition) is 3. The molecule has 1 aromatic heterocycles. The predicted molar refractivity (Wildman–Crippen MR) is 112 cm³/mol. The lowest BCUT2D eigenvalue weighted by molar-refractivity contribution is -0.111. The number of carbonyl (C=O) groups excluding carboxylic acids is 1. The fourth-order valence-corrected chi connectivity index (χ4v) is 3.70. The van der Waals surface area contributed by atoms with Gasteiger partial charge >= 0.3 is 0 Å². The molecule has 4 rings (SSSR count). The summed E-state index contributed by atoms with van der Waals surface area (Å²) in [5.74, 6) is -0.438. The van der Waals surface area contributed by atoms with Crippen LogP contribution in [0.2, 0.25) is 0 Å². The summed E-state index contributed by atoms with van der Waals surface area (Å²) in [7, 11) is 0. The zero-order valence-corrected chi connectivity index (χ0v) is 17.1. The number of morpholine rings is 1. The van der Waals surface area contributed by atoms with E-state index in [0.29, 0.717) is 44.2 Å². The van der Waals surface area contributed by atoms with Crippen molar-refractivity contribution in [1.82, 2.24) is 9.97 Å². The number of rotatable bonds is 5. The Hall–Kier alpha value is -3.24. The number of ether oxygens (including phenoxy) is 2. The number of carbonyl (C=O) groups is 1. The lowest BCUT2D eigenvalue weighted by Gasteiger charge is -2.31. The van der Waals surface area contributed by atoms with Gasteiger partial charge in [0.1, 0.15) is 11.4 Å². The van der Waals surface area contributed by atoms with Gasteiger partial charge in [0.2, 0.25) is 0 Å². The third kappa shape index (κ3) is 4.30. The molecule has 0 radical (unpaired) electrons. The minimum Gasteiger partial charge on any atom is -0.484 e. The van der Waals surface area contributed by atoms with Crippen molar-refractivity contribution in [2.24, 2.45) is 5.73 Å². The highest BCUT2D eigenvalue weighted by Gasteiger charge is 2.35. The summed E-state index contributed by atoms with van der Waals surface area (Å²) in [6, 6.07) is 3.72. The number of nitrogens with one attached hydrogen (secondary N) is 1. The van der Waals surface area contributed by atoms with E-state index in [4.69, 9.17) is 15.2 Å². The van der Waals surface area contributed by atoms with E-state index >= 15 is 0 Å². The van der Waals surface area contributed by atoms with Crippen molar-refractivity contribution in [3.63, 3.8) is 0 Å². The molecule has 1 atom stereocenters. The van der Waals surface area contributed by atoms with E-state index in [1.807, 2.05) is 19.1 Å². The molecule has 1 saturated heterocycles. The van der Waals surface area contributed by atoms with E-state index in [9.17, 15) is 14.3 Å². The molecule has 0 spiro atoms. The molecule has 2 aliphatic rings. The third-order valence-corrected chi connectivity index (χ3v) is 5.31. The van der Waals surface area contributed by atoms with Gasteiger partial charge in [0, 0.05) is 37.3 Å². The van der Waals surface area contributed by atoms with Gasteiger partial charge in [-0.1, -0.05) is 0 Å². The van der Waals surface area contributed by atoms with E-state index in [0.717, 1.165) is 29.8 Å². The lowest BCUT2D eigenvalue weighted by atomic mass is 9.99. The first-order valence-electron chi connectivity index (χ1n) is 9.93. The van der Waals surface area contributed by atoms with Crippen LogP contribution < -0.4 is 20.7 Å². The summed E-state index contributed by atoms with van der Waals surface area (Å²) >= 11 is 0. The van der Waals surface area contributed by atoms with Crippen LogP contribution in [0.15, 0.2) is 30.7 Å². The van der Waals surface area contributed by atoms with Crippen LogP contribution in [0.4, 0.5) is 15.8 Å². The number of nitrogens with zero attached hydrogens (tertiary/aromatic N) is 3. The Bertz CT molecular complexity index is 1010. The molecule has 31 heavy (non-hydrogen) atoms. The number of fused-ring (bicyclic) bond motifs is 1. The number of aliphatic hydroxyl groups is 1. The molecule has 10 heteroatoms. The van der Waals surface area contributed by atoms with E-state index in [1.54, 1.807) is 0 Å². The molecular weight excluding hydrogens is 405 g/mol. The molecular formula is C21H24FN5O4. The lowest BCUT2D eigenvalue weighted by Crippen LogP contribution is -2.37. The molecule has 1 aromatic carbocycles. The number of halogens is 1. The summed E-state index contributed by atoms with van der Waals surface area (Å²) in [4.78, 5) is 22.8. The van der Waals surface area contributed by atoms with E-state index in [2.05, 4.69) is 20.2 Å². The highest BCUT2D eigenvalue weighted by Crippen LogP contribution is 2.42. The van der Waals surface area contributed by atoms with Gasteiger partial charge in [0.15, 0.2) is 11.6 Å². The highest BCUT2D eigenvalue weighted by atomic mass is 19.1. The summed E-state index contributed by atoms with van der Waals surface area (Å²) < 4.78 is 24.6. The minimum atomic E-state index is -0.711. The predicted octanol–water partition coefficient (Wildman–Crippen LogP) is 1.08. The van der Waals surface area contributed by atoms with E-state index in [1.165, 1.54) is 0 Å². The molecule has 0 bridgehead atoms. The van der Waals surface area contributed by atoms with Crippen molar-refractivity contribution in [2.75, 3.05) is 43.1 Å². The van der Waals surface area contributed by atoms with Gasteiger partial charge in [-0.05, 0) is 13.0 Å². The van der Waals surface area contributed by atoms with Gasteiger partial charge in [-0.25, -0.2) is 14.4 Å². The van der Waals surface area contributed by atoms with Crippen LogP contribution in [-0.4, -0.2) is 59.5 Å². The van der Waals surface area contributed by atoms with Crippen molar-refractivity contribution >= 4 is 22.9 Å². The topological polar surface area (TPSA) is 123 Å². The van der Waals surface area contributed by atoms with Crippen LogP contribution in [0.3, 0.4) is 0 Å². The number of aliphatic hydroxyl groups excluding tert-OH is 1. The van der Waals surface area contributed by atoms with Crippen LogP contribution in [0, 0.1) is 5.82 Å². The average molecular weight is 429 g/mol. The Balaban J connectivity index is 1.67. The van der Waals surface area contributed by atoms with Gasteiger partial charge in [-0.3, -0.25) is 4.79 Å². The molecule has 0 saturated carbocycles. The standard InChI is InChI=1S/C21H24FN5O4/c1-21(12-28)8-13-6-16(17(7-18(13)31-21)27-2-4-30-5-3-27)26-20(29)15(9-23)19-24-10-14(22)11-25-19/h6-7,9-11,28H,2-5,8,12,23H2,1H3,(H,26,29)/t21-/m1/s1. The zero-order chi connectivity index (χ0) is 22.0. The third-order valence-electron chi connectivity index (χ3n) is 5.31. The second-order valence-corrected chi connectivity index (χ2v) is 7.72. The molecule has 1 fully saturated rings. The molecule has 0 aliphatic carbocycles. The first-order valence-corrected chi connectivity index (χ1v) is 9.93. The zero-order valence-electron chi connectivity index (χ0n) is 17.1. The first kappa shape index (κ1) is 21.0. The number of anilines is 2. The monoisotopic (exact) mass is 429 g/mol. The molecule has 2 aliphatic heterocycles. The molecule has 9 nitrogen and oxygen atoms in total. The van der Waals surface area contributed by atoms with Crippen molar-refractivity contribution in [2.45, 2.75) is 18.9 Å². The Kier molecular flexibility index (Phi) is 5.75.